The van der Waals surface area contributed by atoms with Gasteiger partial charge in [-0.2, -0.15) is 0 Å². The van der Waals surface area contributed by atoms with Gasteiger partial charge in [0.15, 0.2) is 0 Å². The molecular formula is C32H39ClFN5O4S2. The molecular weight excluding hydrogens is 637 g/mol. The van der Waals surface area contributed by atoms with Crippen LogP contribution < -0.4 is 15.4 Å². The summed E-state index contributed by atoms with van der Waals surface area (Å²) >= 11 is 7.22. The van der Waals surface area contributed by atoms with Gasteiger partial charge >= 0.3 is 6.03 Å². The van der Waals surface area contributed by atoms with Crippen molar-refractivity contribution in [2.24, 2.45) is 5.92 Å². The molecule has 13 heteroatoms. The van der Waals surface area contributed by atoms with Gasteiger partial charge in [0.2, 0.25) is 5.91 Å². The number of pyridine rings is 1. The summed E-state index contributed by atoms with van der Waals surface area (Å²) < 4.78 is 38.0. The minimum atomic E-state index is -1.48. The molecule has 0 spiro atoms. The molecule has 1 saturated heterocycles. The second kappa shape index (κ2) is 13.8. The first-order valence-corrected chi connectivity index (χ1v) is 17.3. The van der Waals surface area contributed by atoms with Crippen molar-refractivity contribution in [3.05, 3.63) is 76.1 Å². The topological polar surface area (TPSA) is 113 Å². The van der Waals surface area contributed by atoms with Crippen molar-refractivity contribution in [1.29, 1.82) is 0 Å². The number of aromatic nitrogens is 1. The fraction of sp³-hybridized carbons (Fsp3) is 0.469. The quantitative estimate of drug-likeness (QED) is 0.210. The minimum absolute atomic E-state index is 0.0306. The van der Waals surface area contributed by atoms with Crippen molar-refractivity contribution >= 4 is 56.6 Å². The van der Waals surface area contributed by atoms with Gasteiger partial charge in [-0.25, -0.2) is 18.1 Å². The summed E-state index contributed by atoms with van der Waals surface area (Å²) in [4.78, 5) is 32.5. The third kappa shape index (κ3) is 7.91. The van der Waals surface area contributed by atoms with E-state index in [0.717, 1.165) is 24.8 Å². The highest BCUT2D eigenvalue weighted by molar-refractivity contribution is 7.84. The van der Waals surface area contributed by atoms with Gasteiger partial charge in [-0.15, -0.1) is 11.3 Å². The lowest BCUT2D eigenvalue weighted by atomic mass is 9.79. The fourth-order valence-corrected chi connectivity index (χ4v) is 7.39. The van der Waals surface area contributed by atoms with E-state index in [4.69, 9.17) is 16.3 Å². The number of hydrogen-bond acceptors (Lipinski definition) is 6. The number of hydrogen-bond donors (Lipinski definition) is 3. The summed E-state index contributed by atoms with van der Waals surface area (Å²) in [6, 6.07) is 10.3. The Balaban J connectivity index is 1.47. The van der Waals surface area contributed by atoms with Gasteiger partial charge in [0.1, 0.15) is 11.9 Å². The molecule has 0 radical (unpaired) electrons. The molecule has 3 aromatic rings. The zero-order valence-corrected chi connectivity index (χ0v) is 28.2. The number of rotatable bonds is 11. The average Bonchev–Trinajstić information content (AvgIpc) is 3.59. The number of thiophene rings is 1. The Kier molecular flexibility index (Phi) is 10.3. The van der Waals surface area contributed by atoms with E-state index in [0.29, 0.717) is 27.2 Å². The number of carbonyl (C=O) groups excluding carboxylic acids is 2. The fourth-order valence-electron chi connectivity index (χ4n) is 5.50. The van der Waals surface area contributed by atoms with Crippen LogP contribution in [0, 0.1) is 11.7 Å². The Morgan fingerprint density at radius 3 is 2.47 bits per heavy atom. The number of amides is 3. The van der Waals surface area contributed by atoms with E-state index in [1.54, 1.807) is 36.7 Å². The smallest absolute Gasteiger partial charge is 0.323 e. The first kappa shape index (κ1) is 33.5. The molecule has 45 heavy (non-hydrogen) atoms. The lowest BCUT2D eigenvalue weighted by molar-refractivity contribution is -0.119. The Morgan fingerprint density at radius 2 is 1.84 bits per heavy atom. The number of nitrogens with zero attached hydrogens (tertiary/aromatic N) is 2. The number of anilines is 2. The molecule has 1 aliphatic carbocycles. The van der Waals surface area contributed by atoms with Crippen LogP contribution in [0.4, 0.5) is 19.9 Å². The Morgan fingerprint density at radius 1 is 1.11 bits per heavy atom. The second-order valence-corrected chi connectivity index (χ2v) is 16.3. The van der Waals surface area contributed by atoms with Gasteiger partial charge in [-0.05, 0) is 87.1 Å². The van der Waals surface area contributed by atoms with E-state index >= 15 is 4.39 Å². The molecule has 3 N–H and O–H groups in total. The van der Waals surface area contributed by atoms with Crippen molar-refractivity contribution in [3.8, 4) is 0 Å². The standard InChI is InChI=1S/C32H39ClFN5O4S2/c1-31(2,3)45(42)38-32(14-11-20-5-6-20,21-12-15-35-16-13-21)22-7-8-24(34)25(17-22)36-29(40)26-18-23(43-4)19-39(26)30(41)37-28-10-9-27(33)44-28/h7-10,12-13,15-17,20,23,26,38H,5-6,11,14,18-19H2,1-4H3,(H,36,40)(H,37,41)/t23-,26-,32?,45?/m1/s1. The Bertz CT molecular complexity index is 1550. The molecule has 242 valence electrons. The van der Waals surface area contributed by atoms with Crippen LogP contribution in [-0.4, -0.2) is 56.6 Å². The molecule has 2 fully saturated rings. The minimum Gasteiger partial charge on any atom is -0.380 e. The number of likely N-dealkylation sites (tertiary alicyclic amines) is 1. The molecule has 1 saturated carbocycles. The maximum atomic E-state index is 15.4. The molecule has 2 unspecified atom stereocenters. The molecule has 0 bridgehead atoms. The third-order valence-corrected chi connectivity index (χ3v) is 11.1. The molecule has 5 rings (SSSR count). The Labute approximate surface area is 274 Å². The van der Waals surface area contributed by atoms with Crippen molar-refractivity contribution in [2.45, 2.75) is 75.3 Å². The lowest BCUT2D eigenvalue weighted by Gasteiger charge is -2.38. The van der Waals surface area contributed by atoms with Gasteiger partial charge in [0.25, 0.3) is 0 Å². The molecule has 4 atom stereocenters. The highest BCUT2D eigenvalue weighted by atomic mass is 35.5. The predicted octanol–water partition coefficient (Wildman–Crippen LogP) is 6.68. The van der Waals surface area contributed by atoms with Gasteiger partial charge in [0.05, 0.1) is 42.4 Å². The van der Waals surface area contributed by atoms with E-state index in [2.05, 4.69) is 20.3 Å². The van der Waals surface area contributed by atoms with Crippen LogP contribution in [0.5, 0.6) is 0 Å². The van der Waals surface area contributed by atoms with E-state index in [1.807, 2.05) is 32.9 Å². The molecule has 2 aliphatic rings. The monoisotopic (exact) mass is 675 g/mol. The Hall–Kier alpha value is -2.90. The highest BCUT2D eigenvalue weighted by Crippen LogP contribution is 2.42. The average molecular weight is 676 g/mol. The number of urea groups is 1. The van der Waals surface area contributed by atoms with Crippen molar-refractivity contribution in [1.82, 2.24) is 14.6 Å². The number of ether oxygens (including phenoxy) is 1. The largest absolute Gasteiger partial charge is 0.380 e. The molecule has 9 nitrogen and oxygen atoms in total. The summed E-state index contributed by atoms with van der Waals surface area (Å²) in [5.41, 5.74) is 0.528. The van der Waals surface area contributed by atoms with Crippen molar-refractivity contribution in [3.63, 3.8) is 0 Å². The summed E-state index contributed by atoms with van der Waals surface area (Å²) in [5.74, 6) is -0.585. The summed E-state index contributed by atoms with van der Waals surface area (Å²) in [5, 5.41) is 6.08. The highest BCUT2D eigenvalue weighted by Gasteiger charge is 2.42. The number of nitrogens with one attached hydrogen (secondary N) is 3. The van der Waals surface area contributed by atoms with Crippen LogP contribution in [0.3, 0.4) is 0 Å². The molecule has 3 amide bonds. The van der Waals surface area contributed by atoms with E-state index in [1.165, 1.54) is 29.4 Å². The van der Waals surface area contributed by atoms with E-state index < -0.39 is 45.1 Å². The first-order chi connectivity index (χ1) is 21.4. The summed E-state index contributed by atoms with van der Waals surface area (Å²) in [7, 11) is 0.0446. The van der Waals surface area contributed by atoms with Gasteiger partial charge in [-0.1, -0.05) is 30.5 Å². The van der Waals surface area contributed by atoms with Crippen molar-refractivity contribution in [2.75, 3.05) is 24.3 Å². The van der Waals surface area contributed by atoms with Crippen LogP contribution in [-0.2, 0) is 26.1 Å². The number of carbonyl (C=O) groups is 2. The molecule has 3 heterocycles. The molecule has 1 aliphatic heterocycles. The van der Waals surface area contributed by atoms with Crippen LogP contribution in [0.1, 0.15) is 64.0 Å². The molecule has 1 aromatic carbocycles. The number of methoxy groups -OCH3 is 1. The van der Waals surface area contributed by atoms with Gasteiger partial charge in [-0.3, -0.25) is 15.1 Å². The predicted molar refractivity (Wildman–Crippen MR) is 177 cm³/mol. The number of benzene rings is 1. The zero-order chi connectivity index (χ0) is 32.4. The molecule has 2 aromatic heterocycles. The van der Waals surface area contributed by atoms with Crippen LogP contribution in [0.25, 0.3) is 0 Å². The first-order valence-electron chi connectivity index (χ1n) is 15.0. The normalized spacial score (nSPS) is 20.4. The lowest BCUT2D eigenvalue weighted by Crippen LogP contribution is -2.49. The SMILES string of the molecule is CO[C@@H]1C[C@H](C(=O)Nc2cc(C(CCC3CC3)(NS(=O)C(C)(C)C)c3ccncc3)ccc2F)N(C(=O)Nc2ccc(Cl)s2)C1. The van der Waals surface area contributed by atoms with Gasteiger partial charge < -0.3 is 15.0 Å². The number of halogens is 2. The summed E-state index contributed by atoms with van der Waals surface area (Å²) in [6.07, 6.45) is 7.04. The maximum Gasteiger partial charge on any atom is 0.323 e. The summed E-state index contributed by atoms with van der Waals surface area (Å²) in [6.45, 7) is 5.88. The van der Waals surface area contributed by atoms with Crippen LogP contribution in [0.2, 0.25) is 4.34 Å². The van der Waals surface area contributed by atoms with E-state index in [-0.39, 0.29) is 24.8 Å². The second-order valence-electron chi connectivity index (χ2n) is 12.6. The third-order valence-electron chi connectivity index (χ3n) is 8.30. The van der Waals surface area contributed by atoms with Crippen molar-refractivity contribution < 1.29 is 22.9 Å². The maximum absolute atomic E-state index is 15.4. The van der Waals surface area contributed by atoms with Gasteiger partial charge in [0, 0.05) is 32.5 Å². The van der Waals surface area contributed by atoms with E-state index in [9.17, 15) is 13.8 Å². The van der Waals surface area contributed by atoms with Crippen LogP contribution >= 0.6 is 22.9 Å². The zero-order valence-electron chi connectivity index (χ0n) is 25.8. The van der Waals surface area contributed by atoms with Crippen LogP contribution in [0.15, 0.2) is 54.9 Å².